The van der Waals surface area contributed by atoms with E-state index >= 15 is 0 Å². The van der Waals surface area contributed by atoms with Gasteiger partial charge in [-0.1, -0.05) is 11.6 Å². The summed E-state index contributed by atoms with van der Waals surface area (Å²) >= 11 is 0. The van der Waals surface area contributed by atoms with Gasteiger partial charge in [-0.2, -0.15) is 0 Å². The molecule has 0 aromatic carbocycles. The zero-order valence-corrected chi connectivity index (χ0v) is 11.5. The molecule has 1 heterocycles. The third kappa shape index (κ3) is 6.61. The van der Waals surface area contributed by atoms with Crippen LogP contribution in [-0.2, 0) is 0 Å². The molecule has 0 aliphatic carbocycles. The fourth-order valence-corrected chi connectivity index (χ4v) is 2.09. The van der Waals surface area contributed by atoms with Crippen LogP contribution in [0.2, 0.25) is 0 Å². The predicted molar refractivity (Wildman–Crippen MR) is 74.5 cm³/mol. The van der Waals surface area contributed by atoms with Gasteiger partial charge in [-0.05, 0) is 39.8 Å². The minimum absolute atomic E-state index is 0.451. The molecular formula is C13H26N4O. The summed E-state index contributed by atoms with van der Waals surface area (Å²) in [4.78, 5) is 13.0. The van der Waals surface area contributed by atoms with E-state index in [0.717, 1.165) is 26.2 Å². The SMILES string of the molecule is CC(C)=CCN1CCC(NCCNC(N)=O)CC1. The first-order valence-electron chi connectivity index (χ1n) is 6.70. The van der Waals surface area contributed by atoms with E-state index in [2.05, 4.69) is 35.5 Å². The maximum Gasteiger partial charge on any atom is 0.312 e. The van der Waals surface area contributed by atoms with Gasteiger partial charge >= 0.3 is 6.03 Å². The summed E-state index contributed by atoms with van der Waals surface area (Å²) in [7, 11) is 0. The molecule has 0 radical (unpaired) electrons. The number of rotatable bonds is 6. The lowest BCUT2D eigenvalue weighted by Crippen LogP contribution is -2.45. The van der Waals surface area contributed by atoms with E-state index in [9.17, 15) is 4.79 Å². The average Bonchev–Trinajstić information content (AvgIpc) is 2.33. The molecule has 0 atom stereocenters. The smallest absolute Gasteiger partial charge is 0.312 e. The first kappa shape index (κ1) is 15.0. The molecule has 0 aromatic heterocycles. The number of carbonyl (C=O) groups excluding carboxylic acids is 1. The zero-order valence-electron chi connectivity index (χ0n) is 11.5. The van der Waals surface area contributed by atoms with Crippen molar-refractivity contribution in [3.63, 3.8) is 0 Å². The van der Waals surface area contributed by atoms with Gasteiger partial charge < -0.3 is 16.4 Å². The van der Waals surface area contributed by atoms with Crippen LogP contribution >= 0.6 is 0 Å². The van der Waals surface area contributed by atoms with Gasteiger partial charge in [0.1, 0.15) is 0 Å². The molecule has 5 nitrogen and oxygen atoms in total. The molecule has 5 heteroatoms. The highest BCUT2D eigenvalue weighted by atomic mass is 16.2. The minimum Gasteiger partial charge on any atom is -0.352 e. The monoisotopic (exact) mass is 254 g/mol. The van der Waals surface area contributed by atoms with Crippen molar-refractivity contribution in [2.75, 3.05) is 32.7 Å². The number of primary amides is 1. The molecule has 0 aromatic rings. The summed E-state index contributed by atoms with van der Waals surface area (Å²) in [6.45, 7) is 9.03. The van der Waals surface area contributed by atoms with Crippen molar-refractivity contribution in [1.82, 2.24) is 15.5 Å². The van der Waals surface area contributed by atoms with Crippen molar-refractivity contribution in [2.24, 2.45) is 5.73 Å². The van der Waals surface area contributed by atoms with Crippen LogP contribution in [0.5, 0.6) is 0 Å². The van der Waals surface area contributed by atoms with Crippen molar-refractivity contribution < 1.29 is 4.79 Å². The van der Waals surface area contributed by atoms with E-state index < -0.39 is 6.03 Å². The van der Waals surface area contributed by atoms with E-state index in [-0.39, 0.29) is 0 Å². The Kier molecular flexibility index (Phi) is 6.75. The maximum absolute atomic E-state index is 10.5. The van der Waals surface area contributed by atoms with Crippen molar-refractivity contribution in [2.45, 2.75) is 32.7 Å². The van der Waals surface area contributed by atoms with Crippen molar-refractivity contribution in [3.8, 4) is 0 Å². The van der Waals surface area contributed by atoms with Gasteiger partial charge in [-0.3, -0.25) is 4.90 Å². The van der Waals surface area contributed by atoms with Crippen LogP contribution in [0.3, 0.4) is 0 Å². The Morgan fingerprint density at radius 2 is 2.00 bits per heavy atom. The van der Waals surface area contributed by atoms with Crippen LogP contribution in [0.4, 0.5) is 4.79 Å². The molecular weight excluding hydrogens is 228 g/mol. The van der Waals surface area contributed by atoms with Crippen molar-refractivity contribution in [1.29, 1.82) is 0 Å². The summed E-state index contributed by atoms with van der Waals surface area (Å²) in [5.41, 5.74) is 6.38. The number of amides is 2. The Bertz CT molecular complexity index is 279. The van der Waals surface area contributed by atoms with Crippen LogP contribution in [0.1, 0.15) is 26.7 Å². The topological polar surface area (TPSA) is 70.4 Å². The predicted octanol–water partition coefficient (Wildman–Crippen LogP) is 0.675. The van der Waals surface area contributed by atoms with E-state index in [1.807, 2.05) is 0 Å². The van der Waals surface area contributed by atoms with E-state index in [1.165, 1.54) is 18.4 Å². The number of carbonyl (C=O) groups is 1. The lowest BCUT2D eigenvalue weighted by Gasteiger charge is -2.31. The summed E-state index contributed by atoms with van der Waals surface area (Å²) in [6.07, 6.45) is 4.63. The largest absolute Gasteiger partial charge is 0.352 e. The number of hydrogen-bond acceptors (Lipinski definition) is 3. The van der Waals surface area contributed by atoms with Crippen molar-refractivity contribution >= 4 is 6.03 Å². The fourth-order valence-electron chi connectivity index (χ4n) is 2.09. The summed E-state index contributed by atoms with van der Waals surface area (Å²) in [6, 6.07) is 0.121. The van der Waals surface area contributed by atoms with E-state index in [1.54, 1.807) is 0 Å². The lowest BCUT2D eigenvalue weighted by atomic mass is 10.0. The first-order valence-corrected chi connectivity index (χ1v) is 6.70. The normalized spacial score (nSPS) is 17.4. The van der Waals surface area contributed by atoms with Crippen molar-refractivity contribution in [3.05, 3.63) is 11.6 Å². The summed E-state index contributed by atoms with van der Waals surface area (Å²) < 4.78 is 0. The molecule has 104 valence electrons. The summed E-state index contributed by atoms with van der Waals surface area (Å²) in [5, 5.41) is 6.03. The maximum atomic E-state index is 10.5. The third-order valence-electron chi connectivity index (χ3n) is 3.20. The highest BCUT2D eigenvalue weighted by Crippen LogP contribution is 2.10. The quantitative estimate of drug-likeness (QED) is 0.482. The number of nitrogens with two attached hydrogens (primary N) is 1. The second-order valence-corrected chi connectivity index (χ2v) is 5.10. The van der Waals surface area contributed by atoms with Gasteiger partial charge in [0.25, 0.3) is 0 Å². The molecule has 1 saturated heterocycles. The van der Waals surface area contributed by atoms with E-state index in [0.29, 0.717) is 12.6 Å². The highest BCUT2D eigenvalue weighted by molar-refractivity contribution is 5.71. The number of allylic oxidation sites excluding steroid dienone is 1. The Morgan fingerprint density at radius 3 is 2.56 bits per heavy atom. The fraction of sp³-hybridized carbons (Fsp3) is 0.769. The Morgan fingerprint density at radius 1 is 1.33 bits per heavy atom. The molecule has 0 unspecified atom stereocenters. The lowest BCUT2D eigenvalue weighted by molar-refractivity contribution is 0.215. The molecule has 1 rings (SSSR count). The number of likely N-dealkylation sites (tertiary alicyclic amines) is 1. The second-order valence-electron chi connectivity index (χ2n) is 5.10. The first-order chi connectivity index (χ1) is 8.58. The molecule has 0 bridgehead atoms. The van der Waals surface area contributed by atoms with Crippen LogP contribution in [0.25, 0.3) is 0 Å². The highest BCUT2D eigenvalue weighted by Gasteiger charge is 2.17. The standard InChI is InChI=1S/C13H26N4O/c1-11(2)3-8-17-9-4-12(5-10-17)15-6-7-16-13(14)18/h3,12,15H,4-10H2,1-2H3,(H3,14,16,18). The summed E-state index contributed by atoms with van der Waals surface area (Å²) in [5.74, 6) is 0. The second kappa shape index (κ2) is 8.11. The molecule has 0 spiro atoms. The molecule has 1 fully saturated rings. The van der Waals surface area contributed by atoms with Crippen LogP contribution in [-0.4, -0.2) is 49.7 Å². The number of hydrogen-bond donors (Lipinski definition) is 3. The van der Waals surface area contributed by atoms with Gasteiger partial charge in [-0.25, -0.2) is 4.79 Å². The number of nitrogens with zero attached hydrogens (tertiary/aromatic N) is 1. The van der Waals surface area contributed by atoms with Crippen LogP contribution < -0.4 is 16.4 Å². The third-order valence-corrected chi connectivity index (χ3v) is 3.20. The Labute approximate surface area is 110 Å². The number of nitrogens with one attached hydrogen (secondary N) is 2. The van der Waals surface area contributed by atoms with Gasteiger partial charge in [0.2, 0.25) is 0 Å². The molecule has 1 aliphatic rings. The minimum atomic E-state index is -0.451. The zero-order chi connectivity index (χ0) is 13.4. The number of urea groups is 1. The van der Waals surface area contributed by atoms with Gasteiger partial charge in [-0.15, -0.1) is 0 Å². The van der Waals surface area contributed by atoms with Gasteiger partial charge in [0.05, 0.1) is 0 Å². The Hall–Kier alpha value is -1.07. The molecule has 1 aliphatic heterocycles. The molecule has 2 amide bonds. The molecule has 4 N–H and O–H groups in total. The van der Waals surface area contributed by atoms with Gasteiger partial charge in [0, 0.05) is 25.7 Å². The van der Waals surface area contributed by atoms with Gasteiger partial charge in [0.15, 0.2) is 0 Å². The molecule has 18 heavy (non-hydrogen) atoms. The number of piperidine rings is 1. The van der Waals surface area contributed by atoms with E-state index in [4.69, 9.17) is 5.73 Å². The van der Waals surface area contributed by atoms with Crippen LogP contribution in [0, 0.1) is 0 Å². The Balaban J connectivity index is 2.08. The van der Waals surface area contributed by atoms with Crippen LogP contribution in [0.15, 0.2) is 11.6 Å². The average molecular weight is 254 g/mol. The molecule has 0 saturated carbocycles.